The van der Waals surface area contributed by atoms with Crippen molar-refractivity contribution in [3.05, 3.63) is 12.2 Å². The molecule has 27 heavy (non-hydrogen) atoms. The van der Waals surface area contributed by atoms with Crippen LogP contribution in [-0.2, 0) is 9.53 Å². The van der Waals surface area contributed by atoms with Crippen LogP contribution in [0.15, 0.2) is 12.2 Å². The lowest BCUT2D eigenvalue weighted by Gasteiger charge is -2.15. The van der Waals surface area contributed by atoms with Crippen molar-refractivity contribution in [2.45, 2.75) is 109 Å². The van der Waals surface area contributed by atoms with Gasteiger partial charge in [0.2, 0.25) is 0 Å². The summed E-state index contributed by atoms with van der Waals surface area (Å²) in [5.74, 6) is -0.364. The molecule has 0 unspecified atom stereocenters. The number of esters is 1. The van der Waals surface area contributed by atoms with Crippen LogP contribution < -0.4 is 0 Å². The number of allylic oxidation sites excluding steroid dienone is 2. The summed E-state index contributed by atoms with van der Waals surface area (Å²) >= 11 is 0. The molecule has 0 aromatic heterocycles. The van der Waals surface area contributed by atoms with Crippen molar-refractivity contribution < 1.29 is 24.9 Å². The molecule has 2 atom stereocenters. The number of carbonyl (C=O) groups excluding carboxylic acids is 1. The second kappa shape index (κ2) is 19.8. The summed E-state index contributed by atoms with van der Waals surface area (Å²) < 4.78 is 4.88. The molecule has 0 radical (unpaired) electrons. The Kier molecular flexibility index (Phi) is 19.2. The fourth-order valence-electron chi connectivity index (χ4n) is 2.82. The Morgan fingerprint density at radius 3 is 1.89 bits per heavy atom. The number of ether oxygens (including phenoxy) is 1. The zero-order valence-electron chi connectivity index (χ0n) is 17.3. The maximum atomic E-state index is 11.5. The van der Waals surface area contributed by atoms with Crippen molar-refractivity contribution in [3.63, 3.8) is 0 Å². The van der Waals surface area contributed by atoms with Crippen LogP contribution in [0, 0.1) is 0 Å². The second-order valence-corrected chi connectivity index (χ2v) is 7.33. The molecule has 0 aromatic carbocycles. The van der Waals surface area contributed by atoms with Crippen LogP contribution in [0.25, 0.3) is 0 Å². The third kappa shape index (κ3) is 18.2. The second-order valence-electron chi connectivity index (χ2n) is 7.33. The average Bonchev–Trinajstić information content (AvgIpc) is 2.68. The van der Waals surface area contributed by atoms with Crippen LogP contribution in [0.2, 0.25) is 0 Å². The molecule has 5 heteroatoms. The van der Waals surface area contributed by atoms with Gasteiger partial charge in [0.05, 0.1) is 6.61 Å². The molecule has 0 aliphatic carbocycles. The van der Waals surface area contributed by atoms with E-state index in [9.17, 15) is 9.90 Å². The van der Waals surface area contributed by atoms with E-state index in [2.05, 4.69) is 19.1 Å². The molecule has 0 amide bonds. The van der Waals surface area contributed by atoms with Gasteiger partial charge in [-0.1, -0.05) is 70.4 Å². The summed E-state index contributed by atoms with van der Waals surface area (Å²) in [6.45, 7) is 1.43. The van der Waals surface area contributed by atoms with E-state index in [1.165, 1.54) is 57.8 Å². The van der Waals surface area contributed by atoms with Crippen LogP contribution >= 0.6 is 0 Å². The first-order chi connectivity index (χ1) is 13.1. The Labute approximate surface area is 165 Å². The van der Waals surface area contributed by atoms with E-state index in [4.69, 9.17) is 14.9 Å². The first-order valence-corrected chi connectivity index (χ1v) is 10.9. The minimum absolute atomic E-state index is 0.272. The van der Waals surface area contributed by atoms with Gasteiger partial charge < -0.3 is 20.1 Å². The van der Waals surface area contributed by atoms with Crippen molar-refractivity contribution in [2.75, 3.05) is 13.2 Å². The first-order valence-electron chi connectivity index (χ1n) is 10.9. The van der Waals surface area contributed by atoms with E-state index in [1.54, 1.807) is 0 Å². The summed E-state index contributed by atoms with van der Waals surface area (Å²) in [7, 11) is 0. The number of carbonyl (C=O) groups is 1. The molecule has 0 saturated heterocycles. The predicted octanol–water partition coefficient (Wildman–Crippen LogP) is 4.28. The largest absolute Gasteiger partial charge is 0.463 e. The van der Waals surface area contributed by atoms with Crippen LogP contribution in [0.1, 0.15) is 96.8 Å². The van der Waals surface area contributed by atoms with Crippen LogP contribution in [-0.4, -0.2) is 46.7 Å². The van der Waals surface area contributed by atoms with Crippen LogP contribution in [0.3, 0.4) is 0 Å². The van der Waals surface area contributed by atoms with Gasteiger partial charge in [-0.2, -0.15) is 0 Å². The van der Waals surface area contributed by atoms with Crippen LogP contribution in [0.5, 0.6) is 0 Å². The molecule has 160 valence electrons. The Bertz CT molecular complexity index is 357. The Morgan fingerprint density at radius 1 is 0.815 bits per heavy atom. The minimum Gasteiger partial charge on any atom is -0.463 e. The molecule has 0 spiro atoms. The van der Waals surface area contributed by atoms with Crippen molar-refractivity contribution in [2.24, 2.45) is 0 Å². The lowest BCUT2D eigenvalue weighted by Crippen LogP contribution is -2.34. The van der Waals surface area contributed by atoms with Gasteiger partial charge in [-0.05, 0) is 32.1 Å². The minimum atomic E-state index is -1.27. The van der Waals surface area contributed by atoms with E-state index in [1.807, 2.05) is 0 Å². The lowest BCUT2D eigenvalue weighted by molar-refractivity contribution is -0.149. The number of hydrogen-bond acceptors (Lipinski definition) is 5. The summed E-state index contributed by atoms with van der Waals surface area (Å²) in [6.07, 6.45) is 18.2. The Balaban J connectivity index is 3.32. The summed E-state index contributed by atoms with van der Waals surface area (Å²) in [5.41, 5.74) is 0. The van der Waals surface area contributed by atoms with Gasteiger partial charge >= 0.3 is 5.97 Å². The highest BCUT2D eigenvalue weighted by Crippen LogP contribution is 2.10. The van der Waals surface area contributed by atoms with E-state index >= 15 is 0 Å². The van der Waals surface area contributed by atoms with E-state index in [0.717, 1.165) is 25.7 Å². The van der Waals surface area contributed by atoms with E-state index in [0.29, 0.717) is 6.42 Å². The van der Waals surface area contributed by atoms with Crippen LogP contribution in [0.4, 0.5) is 0 Å². The molecule has 0 aromatic rings. The zero-order chi connectivity index (χ0) is 20.2. The van der Waals surface area contributed by atoms with Gasteiger partial charge in [-0.3, -0.25) is 4.79 Å². The highest BCUT2D eigenvalue weighted by Gasteiger charge is 2.16. The van der Waals surface area contributed by atoms with E-state index in [-0.39, 0.29) is 12.6 Å². The topological polar surface area (TPSA) is 87.0 Å². The fraction of sp³-hybridized carbons (Fsp3) is 0.864. The van der Waals surface area contributed by atoms with Gasteiger partial charge in [-0.25, -0.2) is 0 Å². The van der Waals surface area contributed by atoms with Crippen molar-refractivity contribution in [3.8, 4) is 0 Å². The number of aliphatic hydroxyl groups is 3. The number of unbranched alkanes of at least 4 members (excludes halogenated alkanes) is 11. The maximum absolute atomic E-state index is 11.5. The molecule has 0 heterocycles. The molecule has 0 saturated carbocycles. The highest BCUT2D eigenvalue weighted by atomic mass is 16.5. The number of aliphatic hydroxyl groups excluding tert-OH is 3. The number of rotatable bonds is 19. The lowest BCUT2D eigenvalue weighted by atomic mass is 10.1. The van der Waals surface area contributed by atoms with Crippen molar-refractivity contribution in [1.29, 1.82) is 0 Å². The molecule has 0 aliphatic rings. The van der Waals surface area contributed by atoms with Crippen molar-refractivity contribution >= 4 is 5.97 Å². The smallest absolute Gasteiger partial charge is 0.305 e. The molecule has 3 N–H and O–H groups in total. The Morgan fingerprint density at radius 2 is 1.33 bits per heavy atom. The highest BCUT2D eigenvalue weighted by molar-refractivity contribution is 5.69. The molecule has 0 rings (SSSR count). The Hall–Kier alpha value is -0.910. The van der Waals surface area contributed by atoms with Gasteiger partial charge in [0, 0.05) is 6.42 Å². The standard InChI is InChI=1S/C22H42O5/c1-2-3-4-5-6-7-8-9-10-11-12-13-14-15-16-17-22(26)27-19-21(25)20(24)18-23/h9-10,20-21,23-25H,2-8,11-19H2,1H3/b10-9-/t20-,21+/m1/s1. The fourth-order valence-corrected chi connectivity index (χ4v) is 2.82. The van der Waals surface area contributed by atoms with Gasteiger partial charge in [0.25, 0.3) is 0 Å². The number of hydrogen-bond donors (Lipinski definition) is 3. The SMILES string of the molecule is CCCCCCCC/C=C\CCCCCCCC(=O)OC[C@H](O)[C@H](O)CO. The third-order valence-corrected chi connectivity index (χ3v) is 4.69. The summed E-state index contributed by atoms with van der Waals surface area (Å²) in [6, 6.07) is 0. The molecular formula is C22H42O5. The third-order valence-electron chi connectivity index (χ3n) is 4.69. The summed E-state index contributed by atoms with van der Waals surface area (Å²) in [4.78, 5) is 11.5. The molecule has 5 nitrogen and oxygen atoms in total. The zero-order valence-corrected chi connectivity index (χ0v) is 17.3. The quantitative estimate of drug-likeness (QED) is 0.175. The maximum Gasteiger partial charge on any atom is 0.305 e. The molecular weight excluding hydrogens is 344 g/mol. The van der Waals surface area contributed by atoms with Crippen molar-refractivity contribution in [1.82, 2.24) is 0 Å². The van der Waals surface area contributed by atoms with E-state index < -0.39 is 18.8 Å². The first kappa shape index (κ1) is 26.1. The average molecular weight is 387 g/mol. The molecule has 0 bridgehead atoms. The van der Waals surface area contributed by atoms with Gasteiger partial charge in [0.1, 0.15) is 18.8 Å². The molecule has 0 fully saturated rings. The van der Waals surface area contributed by atoms with Gasteiger partial charge in [0.15, 0.2) is 0 Å². The normalized spacial score (nSPS) is 13.8. The summed E-state index contributed by atoms with van der Waals surface area (Å²) in [5, 5.41) is 27.2. The molecule has 0 aliphatic heterocycles. The predicted molar refractivity (Wildman–Crippen MR) is 110 cm³/mol. The van der Waals surface area contributed by atoms with Gasteiger partial charge in [-0.15, -0.1) is 0 Å². The monoisotopic (exact) mass is 386 g/mol.